The third-order valence-electron chi connectivity index (χ3n) is 4.97. The van der Waals surface area contributed by atoms with E-state index >= 15 is 0 Å². The average Bonchev–Trinajstić information content (AvgIpc) is 3.25. The average molecular weight is 399 g/mol. The Hall–Kier alpha value is -2.71. The number of nitrogens with zero attached hydrogens (tertiary/aromatic N) is 3. The summed E-state index contributed by atoms with van der Waals surface area (Å²) in [5.41, 5.74) is 0.900. The summed E-state index contributed by atoms with van der Waals surface area (Å²) in [6, 6.07) is 16.1. The Balaban J connectivity index is 1.44. The molecule has 28 heavy (non-hydrogen) atoms. The van der Waals surface area contributed by atoms with Gasteiger partial charge in [-0.25, -0.2) is 8.42 Å². The molecule has 0 bridgehead atoms. The molecule has 1 fully saturated rings. The third-order valence-corrected chi connectivity index (χ3v) is 6.89. The van der Waals surface area contributed by atoms with Gasteiger partial charge in [0.1, 0.15) is 5.75 Å². The zero-order valence-electron chi connectivity index (χ0n) is 15.5. The van der Waals surface area contributed by atoms with Gasteiger partial charge in [0.15, 0.2) is 0 Å². The molecule has 1 aromatic heterocycles. The number of hydrogen-bond donors (Lipinski definition) is 0. The van der Waals surface area contributed by atoms with Gasteiger partial charge in [-0.1, -0.05) is 35.5 Å². The van der Waals surface area contributed by atoms with E-state index in [0.29, 0.717) is 43.4 Å². The largest absolute Gasteiger partial charge is 0.497 e. The van der Waals surface area contributed by atoms with Crippen LogP contribution in [0, 0.1) is 0 Å². The molecule has 4 rings (SSSR count). The highest BCUT2D eigenvalue weighted by atomic mass is 32.2. The van der Waals surface area contributed by atoms with E-state index in [2.05, 4.69) is 10.1 Å². The monoisotopic (exact) mass is 399 g/mol. The van der Waals surface area contributed by atoms with E-state index in [-0.39, 0.29) is 10.8 Å². The third kappa shape index (κ3) is 3.65. The molecule has 1 aliphatic rings. The molecule has 7 nitrogen and oxygen atoms in total. The van der Waals surface area contributed by atoms with Crippen molar-refractivity contribution in [3.8, 4) is 17.1 Å². The smallest absolute Gasteiger partial charge is 0.243 e. The fourth-order valence-electron chi connectivity index (χ4n) is 3.35. The van der Waals surface area contributed by atoms with Crippen LogP contribution in [0.4, 0.5) is 0 Å². The van der Waals surface area contributed by atoms with E-state index in [4.69, 9.17) is 9.26 Å². The van der Waals surface area contributed by atoms with Gasteiger partial charge in [0.2, 0.25) is 21.7 Å². The number of piperidine rings is 1. The molecule has 3 aromatic rings. The summed E-state index contributed by atoms with van der Waals surface area (Å²) in [4.78, 5) is 4.78. The van der Waals surface area contributed by atoms with Crippen LogP contribution >= 0.6 is 0 Å². The first-order valence-corrected chi connectivity index (χ1v) is 10.5. The molecule has 0 spiro atoms. The Bertz CT molecular complexity index is 1020. The van der Waals surface area contributed by atoms with Crippen LogP contribution in [-0.4, -0.2) is 43.1 Å². The first-order valence-electron chi connectivity index (χ1n) is 9.11. The van der Waals surface area contributed by atoms with Gasteiger partial charge in [-0.15, -0.1) is 0 Å². The van der Waals surface area contributed by atoms with Crippen LogP contribution in [0.3, 0.4) is 0 Å². The molecule has 2 aromatic carbocycles. The highest BCUT2D eigenvalue weighted by molar-refractivity contribution is 7.89. The Labute approximate surface area is 164 Å². The van der Waals surface area contributed by atoms with Gasteiger partial charge in [-0.05, 0) is 37.1 Å². The molecule has 0 amide bonds. The molecule has 1 aliphatic heterocycles. The van der Waals surface area contributed by atoms with Crippen molar-refractivity contribution >= 4 is 10.0 Å². The second-order valence-electron chi connectivity index (χ2n) is 6.68. The van der Waals surface area contributed by atoms with Gasteiger partial charge < -0.3 is 9.26 Å². The van der Waals surface area contributed by atoms with E-state index in [9.17, 15) is 8.42 Å². The topological polar surface area (TPSA) is 85.5 Å². The van der Waals surface area contributed by atoms with Crippen LogP contribution in [0.15, 0.2) is 64.0 Å². The van der Waals surface area contributed by atoms with E-state index in [1.165, 1.54) is 4.31 Å². The summed E-state index contributed by atoms with van der Waals surface area (Å²) < 4.78 is 37.8. The van der Waals surface area contributed by atoms with Crippen molar-refractivity contribution in [1.29, 1.82) is 0 Å². The molecule has 0 atom stereocenters. The summed E-state index contributed by atoms with van der Waals surface area (Å²) in [5.74, 6) is 1.82. The Kier molecular flexibility index (Phi) is 5.15. The summed E-state index contributed by atoms with van der Waals surface area (Å²) in [7, 11) is -1.97. The standard InChI is InChI=1S/C20H21N3O4S/c1-26-17-7-9-18(10-8-17)28(24,25)23-13-11-16(12-14-23)20-21-19(22-27-20)15-5-3-2-4-6-15/h2-10,16H,11-14H2,1H3. The van der Waals surface area contributed by atoms with Crippen molar-refractivity contribution in [3.63, 3.8) is 0 Å². The molecule has 0 unspecified atom stereocenters. The number of sulfonamides is 1. The van der Waals surface area contributed by atoms with Crippen LogP contribution in [0.1, 0.15) is 24.7 Å². The maximum absolute atomic E-state index is 12.9. The maximum Gasteiger partial charge on any atom is 0.243 e. The van der Waals surface area contributed by atoms with E-state index in [1.54, 1.807) is 31.4 Å². The Morgan fingerprint density at radius 2 is 1.71 bits per heavy atom. The maximum atomic E-state index is 12.9. The van der Waals surface area contributed by atoms with E-state index in [0.717, 1.165) is 5.56 Å². The van der Waals surface area contributed by atoms with Gasteiger partial charge in [0, 0.05) is 24.6 Å². The van der Waals surface area contributed by atoms with Crippen LogP contribution in [-0.2, 0) is 10.0 Å². The second-order valence-corrected chi connectivity index (χ2v) is 8.61. The lowest BCUT2D eigenvalue weighted by atomic mass is 9.98. The predicted molar refractivity (Wildman–Crippen MR) is 103 cm³/mol. The molecule has 0 radical (unpaired) electrons. The highest BCUT2D eigenvalue weighted by Gasteiger charge is 2.32. The zero-order chi connectivity index (χ0) is 19.6. The number of aromatic nitrogens is 2. The summed E-state index contributed by atoms with van der Waals surface area (Å²) in [5, 5.41) is 4.06. The van der Waals surface area contributed by atoms with Gasteiger partial charge in [0.25, 0.3) is 0 Å². The fraction of sp³-hybridized carbons (Fsp3) is 0.300. The summed E-state index contributed by atoms with van der Waals surface area (Å²) in [6.45, 7) is 0.837. The molecule has 0 N–H and O–H groups in total. The predicted octanol–water partition coefficient (Wildman–Crippen LogP) is 3.31. The van der Waals surface area contributed by atoms with Crippen LogP contribution in [0.25, 0.3) is 11.4 Å². The lowest BCUT2D eigenvalue weighted by Gasteiger charge is -2.29. The minimum atomic E-state index is -3.52. The number of benzene rings is 2. The van der Waals surface area contributed by atoms with Gasteiger partial charge in [0.05, 0.1) is 12.0 Å². The van der Waals surface area contributed by atoms with Crippen molar-refractivity contribution in [3.05, 3.63) is 60.5 Å². The normalized spacial score (nSPS) is 16.2. The Morgan fingerprint density at radius 1 is 1.04 bits per heavy atom. The van der Waals surface area contributed by atoms with Crippen LogP contribution in [0.2, 0.25) is 0 Å². The molecule has 2 heterocycles. The second kappa shape index (κ2) is 7.73. The minimum absolute atomic E-state index is 0.0623. The van der Waals surface area contributed by atoms with Crippen molar-refractivity contribution in [2.24, 2.45) is 0 Å². The molecule has 146 valence electrons. The van der Waals surface area contributed by atoms with Gasteiger partial charge in [-0.2, -0.15) is 9.29 Å². The number of ether oxygens (including phenoxy) is 1. The van der Waals surface area contributed by atoms with Gasteiger partial charge in [-0.3, -0.25) is 0 Å². The Morgan fingerprint density at radius 3 is 2.36 bits per heavy atom. The van der Waals surface area contributed by atoms with Crippen molar-refractivity contribution in [2.75, 3.05) is 20.2 Å². The zero-order valence-corrected chi connectivity index (χ0v) is 16.3. The molecular weight excluding hydrogens is 378 g/mol. The summed E-state index contributed by atoms with van der Waals surface area (Å²) >= 11 is 0. The van der Waals surface area contributed by atoms with E-state index < -0.39 is 10.0 Å². The minimum Gasteiger partial charge on any atom is -0.497 e. The molecule has 0 saturated carbocycles. The van der Waals surface area contributed by atoms with Crippen molar-refractivity contribution < 1.29 is 17.7 Å². The molecule has 8 heteroatoms. The SMILES string of the molecule is COc1ccc(S(=O)(=O)N2CCC(c3nc(-c4ccccc4)no3)CC2)cc1. The number of hydrogen-bond acceptors (Lipinski definition) is 6. The molecule has 0 aliphatic carbocycles. The molecular formula is C20H21N3O4S. The van der Waals surface area contributed by atoms with Crippen LogP contribution < -0.4 is 4.74 Å². The fourth-order valence-corrected chi connectivity index (χ4v) is 4.82. The lowest BCUT2D eigenvalue weighted by molar-refractivity contribution is 0.271. The number of rotatable bonds is 5. The number of methoxy groups -OCH3 is 1. The van der Waals surface area contributed by atoms with Gasteiger partial charge >= 0.3 is 0 Å². The first-order chi connectivity index (χ1) is 13.6. The lowest BCUT2D eigenvalue weighted by Crippen LogP contribution is -2.37. The van der Waals surface area contributed by atoms with Crippen LogP contribution in [0.5, 0.6) is 5.75 Å². The highest BCUT2D eigenvalue weighted by Crippen LogP contribution is 2.31. The van der Waals surface area contributed by atoms with Crippen molar-refractivity contribution in [1.82, 2.24) is 14.4 Å². The van der Waals surface area contributed by atoms with Crippen molar-refractivity contribution in [2.45, 2.75) is 23.7 Å². The summed E-state index contributed by atoms with van der Waals surface area (Å²) in [6.07, 6.45) is 1.29. The molecule has 1 saturated heterocycles. The quantitative estimate of drug-likeness (QED) is 0.654. The first kappa shape index (κ1) is 18.6. The van der Waals surface area contributed by atoms with E-state index in [1.807, 2.05) is 30.3 Å².